The summed E-state index contributed by atoms with van der Waals surface area (Å²) >= 11 is 0. The van der Waals surface area contributed by atoms with E-state index in [1.54, 1.807) is 0 Å². The number of hydrogen-bond acceptors (Lipinski definition) is 3. The molecule has 15 heavy (non-hydrogen) atoms. The standard InChI is InChI=1S/C12H25NO2/c1-4-6-11(13)9-12(14)15-8-5-7-10(2)3/h10-11H,4-9,13H2,1-3H3. The van der Waals surface area contributed by atoms with Crippen LogP contribution in [0.4, 0.5) is 0 Å². The second-order valence-corrected chi connectivity index (χ2v) is 4.51. The van der Waals surface area contributed by atoms with Crippen molar-refractivity contribution in [3.8, 4) is 0 Å². The molecule has 1 atom stereocenters. The van der Waals surface area contributed by atoms with Crippen molar-refractivity contribution in [1.29, 1.82) is 0 Å². The van der Waals surface area contributed by atoms with Gasteiger partial charge < -0.3 is 10.5 Å². The summed E-state index contributed by atoms with van der Waals surface area (Å²) in [7, 11) is 0. The van der Waals surface area contributed by atoms with E-state index in [9.17, 15) is 4.79 Å². The Hall–Kier alpha value is -0.570. The second kappa shape index (κ2) is 8.72. The summed E-state index contributed by atoms with van der Waals surface area (Å²) in [5, 5.41) is 0. The first-order valence-electron chi connectivity index (χ1n) is 5.97. The van der Waals surface area contributed by atoms with E-state index >= 15 is 0 Å². The monoisotopic (exact) mass is 215 g/mol. The Labute approximate surface area is 93.4 Å². The van der Waals surface area contributed by atoms with Crippen LogP contribution in [0, 0.1) is 5.92 Å². The maximum Gasteiger partial charge on any atom is 0.307 e. The minimum Gasteiger partial charge on any atom is -0.466 e. The lowest BCUT2D eigenvalue weighted by Gasteiger charge is -2.10. The average Bonchev–Trinajstić information content (AvgIpc) is 2.12. The molecule has 0 radical (unpaired) electrons. The summed E-state index contributed by atoms with van der Waals surface area (Å²) in [5.41, 5.74) is 5.74. The van der Waals surface area contributed by atoms with Gasteiger partial charge in [0.25, 0.3) is 0 Å². The zero-order chi connectivity index (χ0) is 11.7. The van der Waals surface area contributed by atoms with E-state index in [4.69, 9.17) is 10.5 Å². The molecular weight excluding hydrogens is 190 g/mol. The van der Waals surface area contributed by atoms with Crippen molar-refractivity contribution in [2.24, 2.45) is 11.7 Å². The second-order valence-electron chi connectivity index (χ2n) is 4.51. The van der Waals surface area contributed by atoms with E-state index in [2.05, 4.69) is 20.8 Å². The lowest BCUT2D eigenvalue weighted by Crippen LogP contribution is -2.24. The zero-order valence-electron chi connectivity index (χ0n) is 10.3. The molecule has 0 heterocycles. The fraction of sp³-hybridized carbons (Fsp3) is 0.917. The number of hydrogen-bond donors (Lipinski definition) is 1. The molecule has 0 bridgehead atoms. The first-order chi connectivity index (χ1) is 7.06. The van der Waals surface area contributed by atoms with Gasteiger partial charge in [0.05, 0.1) is 13.0 Å². The fourth-order valence-electron chi connectivity index (χ4n) is 1.42. The SMILES string of the molecule is CCCC(N)CC(=O)OCCCC(C)C. The Morgan fingerprint density at radius 3 is 2.53 bits per heavy atom. The van der Waals surface area contributed by atoms with Crippen LogP contribution in [-0.2, 0) is 9.53 Å². The Morgan fingerprint density at radius 1 is 1.33 bits per heavy atom. The molecule has 0 spiro atoms. The molecule has 3 heteroatoms. The molecule has 90 valence electrons. The topological polar surface area (TPSA) is 52.3 Å². The van der Waals surface area contributed by atoms with Gasteiger partial charge in [-0.05, 0) is 25.2 Å². The Kier molecular flexibility index (Phi) is 8.38. The quantitative estimate of drug-likeness (QED) is 0.500. The molecule has 0 amide bonds. The summed E-state index contributed by atoms with van der Waals surface area (Å²) in [6.45, 7) is 6.93. The van der Waals surface area contributed by atoms with Crippen molar-refractivity contribution in [2.75, 3.05) is 6.61 Å². The van der Waals surface area contributed by atoms with Crippen LogP contribution < -0.4 is 5.73 Å². The van der Waals surface area contributed by atoms with Gasteiger partial charge in [-0.1, -0.05) is 27.2 Å². The van der Waals surface area contributed by atoms with E-state index in [1.165, 1.54) is 0 Å². The van der Waals surface area contributed by atoms with E-state index in [0.717, 1.165) is 25.7 Å². The fourth-order valence-corrected chi connectivity index (χ4v) is 1.42. The van der Waals surface area contributed by atoms with Crippen molar-refractivity contribution in [3.63, 3.8) is 0 Å². The first-order valence-corrected chi connectivity index (χ1v) is 5.97. The first kappa shape index (κ1) is 14.4. The molecule has 0 aromatic carbocycles. The van der Waals surface area contributed by atoms with Crippen molar-refractivity contribution < 1.29 is 9.53 Å². The van der Waals surface area contributed by atoms with Gasteiger partial charge in [0, 0.05) is 6.04 Å². The van der Waals surface area contributed by atoms with Crippen molar-refractivity contribution in [1.82, 2.24) is 0 Å². The van der Waals surface area contributed by atoms with Crippen LogP contribution in [0.25, 0.3) is 0 Å². The summed E-state index contributed by atoms with van der Waals surface area (Å²) in [5.74, 6) is 0.519. The molecule has 0 aromatic rings. The molecule has 0 aliphatic rings. The lowest BCUT2D eigenvalue weighted by atomic mass is 10.1. The molecule has 0 aliphatic carbocycles. The van der Waals surface area contributed by atoms with Gasteiger partial charge in [-0.2, -0.15) is 0 Å². The number of carbonyl (C=O) groups excluding carboxylic acids is 1. The third kappa shape index (κ3) is 9.73. The van der Waals surface area contributed by atoms with Crippen LogP contribution in [0.15, 0.2) is 0 Å². The number of nitrogens with two attached hydrogens (primary N) is 1. The number of rotatable bonds is 8. The molecule has 0 saturated carbocycles. The van der Waals surface area contributed by atoms with E-state index in [1.807, 2.05) is 0 Å². The molecule has 0 fully saturated rings. The predicted octanol–water partition coefficient (Wildman–Crippen LogP) is 2.48. The third-order valence-electron chi connectivity index (χ3n) is 2.28. The van der Waals surface area contributed by atoms with Gasteiger partial charge in [0.15, 0.2) is 0 Å². The highest BCUT2D eigenvalue weighted by atomic mass is 16.5. The summed E-state index contributed by atoms with van der Waals surface area (Å²) < 4.78 is 5.09. The predicted molar refractivity (Wildman–Crippen MR) is 62.5 cm³/mol. The van der Waals surface area contributed by atoms with E-state index in [0.29, 0.717) is 18.9 Å². The molecular formula is C12H25NO2. The highest BCUT2D eigenvalue weighted by molar-refractivity contribution is 5.70. The highest BCUT2D eigenvalue weighted by Crippen LogP contribution is 2.05. The van der Waals surface area contributed by atoms with Crippen molar-refractivity contribution >= 4 is 5.97 Å². The van der Waals surface area contributed by atoms with Crippen LogP contribution in [-0.4, -0.2) is 18.6 Å². The highest BCUT2D eigenvalue weighted by Gasteiger charge is 2.09. The largest absolute Gasteiger partial charge is 0.466 e. The van der Waals surface area contributed by atoms with Crippen molar-refractivity contribution in [3.05, 3.63) is 0 Å². The van der Waals surface area contributed by atoms with E-state index < -0.39 is 0 Å². The molecule has 2 N–H and O–H groups in total. The number of ether oxygens (including phenoxy) is 1. The Bertz CT molecular complexity index is 169. The molecule has 0 aliphatic heterocycles. The van der Waals surface area contributed by atoms with Gasteiger partial charge in [-0.15, -0.1) is 0 Å². The maximum absolute atomic E-state index is 11.3. The summed E-state index contributed by atoms with van der Waals surface area (Å²) in [6.07, 6.45) is 4.32. The minimum absolute atomic E-state index is 0.0346. The summed E-state index contributed by atoms with van der Waals surface area (Å²) in [6, 6.07) is -0.0346. The number of esters is 1. The van der Waals surface area contributed by atoms with Crippen LogP contribution >= 0.6 is 0 Å². The van der Waals surface area contributed by atoms with E-state index in [-0.39, 0.29) is 12.0 Å². The summed E-state index contributed by atoms with van der Waals surface area (Å²) in [4.78, 5) is 11.3. The van der Waals surface area contributed by atoms with Crippen LogP contribution in [0.5, 0.6) is 0 Å². The van der Waals surface area contributed by atoms with Gasteiger partial charge in [0.2, 0.25) is 0 Å². The van der Waals surface area contributed by atoms with Gasteiger partial charge >= 0.3 is 5.97 Å². The smallest absolute Gasteiger partial charge is 0.307 e. The molecule has 0 saturated heterocycles. The molecule has 3 nitrogen and oxygen atoms in total. The van der Waals surface area contributed by atoms with Crippen molar-refractivity contribution in [2.45, 2.75) is 58.9 Å². The lowest BCUT2D eigenvalue weighted by molar-refractivity contribution is -0.144. The molecule has 0 aromatic heterocycles. The maximum atomic E-state index is 11.3. The van der Waals surface area contributed by atoms with Gasteiger partial charge in [-0.3, -0.25) is 4.79 Å². The molecule has 1 unspecified atom stereocenters. The van der Waals surface area contributed by atoms with Crippen LogP contribution in [0.1, 0.15) is 52.9 Å². The third-order valence-corrected chi connectivity index (χ3v) is 2.28. The van der Waals surface area contributed by atoms with Gasteiger partial charge in [0.1, 0.15) is 0 Å². The van der Waals surface area contributed by atoms with Crippen LogP contribution in [0.3, 0.4) is 0 Å². The van der Waals surface area contributed by atoms with Crippen LogP contribution in [0.2, 0.25) is 0 Å². The minimum atomic E-state index is -0.153. The molecule has 0 rings (SSSR count). The average molecular weight is 215 g/mol. The Morgan fingerprint density at radius 2 is 2.00 bits per heavy atom. The van der Waals surface area contributed by atoms with Gasteiger partial charge in [-0.25, -0.2) is 0 Å². The normalized spacial score (nSPS) is 12.9. The number of carbonyl (C=O) groups is 1. The Balaban J connectivity index is 3.40. The zero-order valence-corrected chi connectivity index (χ0v) is 10.3.